The molecule has 0 aromatic heterocycles. The van der Waals surface area contributed by atoms with Gasteiger partial charge in [-0.1, -0.05) is 36.4 Å². The maximum atomic E-state index is 12.9. The molecule has 0 bridgehead atoms. The van der Waals surface area contributed by atoms with Crippen molar-refractivity contribution in [3.63, 3.8) is 0 Å². The van der Waals surface area contributed by atoms with Gasteiger partial charge < -0.3 is 20.4 Å². The van der Waals surface area contributed by atoms with E-state index in [1.54, 1.807) is 12.1 Å². The largest absolute Gasteiger partial charge is 0.478 e. The van der Waals surface area contributed by atoms with Crippen LogP contribution in [-0.4, -0.2) is 40.3 Å². The Morgan fingerprint density at radius 3 is 2.57 bits per heavy atom. The molecule has 0 fully saturated rings. The number of hydrogen-bond acceptors (Lipinski definition) is 3. The van der Waals surface area contributed by atoms with Crippen molar-refractivity contribution in [2.75, 3.05) is 13.2 Å². The Hall–Kier alpha value is -2.86. The molecular formula is C22H26N2O4. The summed E-state index contributed by atoms with van der Waals surface area (Å²) in [5.41, 5.74) is 3.53. The number of aliphatic hydroxyl groups excluding tert-OH is 1. The molecule has 0 aliphatic heterocycles. The molecule has 0 spiro atoms. The first kappa shape index (κ1) is 19.9. The zero-order valence-corrected chi connectivity index (χ0v) is 15.8. The Morgan fingerprint density at radius 1 is 1.11 bits per heavy atom. The highest BCUT2D eigenvalue weighted by atomic mass is 16.4. The number of carboxylic acids is 1. The molecule has 1 atom stereocenters. The minimum Gasteiger partial charge on any atom is -0.478 e. The molecule has 0 saturated heterocycles. The summed E-state index contributed by atoms with van der Waals surface area (Å²) in [7, 11) is 0. The topological polar surface area (TPSA) is 89.9 Å². The van der Waals surface area contributed by atoms with Gasteiger partial charge in [-0.15, -0.1) is 0 Å². The normalized spacial score (nSPS) is 15.5. The van der Waals surface area contributed by atoms with E-state index in [-0.39, 0.29) is 24.2 Å². The number of benzene rings is 2. The number of carbonyl (C=O) groups is 2. The minimum absolute atomic E-state index is 0.00545. The second kappa shape index (κ2) is 9.37. The van der Waals surface area contributed by atoms with E-state index < -0.39 is 5.97 Å². The second-order valence-corrected chi connectivity index (χ2v) is 7.04. The predicted molar refractivity (Wildman–Crippen MR) is 106 cm³/mol. The van der Waals surface area contributed by atoms with Crippen LogP contribution in [0.5, 0.6) is 0 Å². The first-order valence-electron chi connectivity index (χ1n) is 9.65. The maximum Gasteiger partial charge on any atom is 0.335 e. The van der Waals surface area contributed by atoms with Crippen LogP contribution in [0.15, 0.2) is 48.5 Å². The third-order valence-electron chi connectivity index (χ3n) is 5.18. The molecule has 1 aliphatic rings. The highest BCUT2D eigenvalue weighted by molar-refractivity contribution is 5.87. The minimum atomic E-state index is -0.971. The Labute approximate surface area is 164 Å². The van der Waals surface area contributed by atoms with Gasteiger partial charge in [0.1, 0.15) is 0 Å². The summed E-state index contributed by atoms with van der Waals surface area (Å²) >= 11 is 0. The van der Waals surface area contributed by atoms with Gasteiger partial charge in [-0.3, -0.25) is 0 Å². The van der Waals surface area contributed by atoms with Crippen molar-refractivity contribution in [1.82, 2.24) is 10.2 Å². The summed E-state index contributed by atoms with van der Waals surface area (Å²) in [6.07, 6.45) is 3.49. The summed E-state index contributed by atoms with van der Waals surface area (Å²) in [5, 5.41) is 21.2. The van der Waals surface area contributed by atoms with Gasteiger partial charge in [0.05, 0.1) is 11.6 Å². The Kier molecular flexibility index (Phi) is 6.66. The summed E-state index contributed by atoms with van der Waals surface area (Å²) in [5.74, 6) is -0.971. The Balaban J connectivity index is 1.71. The maximum absolute atomic E-state index is 12.9. The molecule has 2 amide bonds. The molecule has 1 aliphatic carbocycles. The van der Waals surface area contributed by atoms with E-state index in [1.807, 2.05) is 17.0 Å². The molecular weight excluding hydrogens is 356 g/mol. The fraction of sp³-hybridized carbons (Fsp3) is 0.364. The van der Waals surface area contributed by atoms with Crippen molar-refractivity contribution in [2.24, 2.45) is 0 Å². The standard InChI is InChI=1S/C22H26N2O4/c25-14-4-13-24(20-8-3-6-17-5-1-2-7-19(17)20)22(28)23-15-16-9-11-18(12-10-16)21(26)27/h1-2,5,7,9-12,20,25H,3-4,6,8,13-15H2,(H,23,28)(H,26,27). The van der Waals surface area contributed by atoms with Crippen LogP contribution in [0.3, 0.4) is 0 Å². The monoisotopic (exact) mass is 382 g/mol. The first-order valence-corrected chi connectivity index (χ1v) is 9.65. The number of amides is 2. The Morgan fingerprint density at radius 2 is 1.86 bits per heavy atom. The molecule has 2 aromatic rings. The van der Waals surface area contributed by atoms with Gasteiger partial charge >= 0.3 is 12.0 Å². The molecule has 148 valence electrons. The van der Waals surface area contributed by atoms with Crippen LogP contribution in [0, 0.1) is 0 Å². The number of nitrogens with zero attached hydrogens (tertiary/aromatic N) is 1. The lowest BCUT2D eigenvalue weighted by atomic mass is 9.87. The van der Waals surface area contributed by atoms with Crippen molar-refractivity contribution in [3.05, 3.63) is 70.8 Å². The zero-order valence-electron chi connectivity index (χ0n) is 15.8. The summed E-state index contributed by atoms with van der Waals surface area (Å²) < 4.78 is 0. The molecule has 0 radical (unpaired) electrons. The van der Waals surface area contributed by atoms with Crippen molar-refractivity contribution in [3.8, 4) is 0 Å². The van der Waals surface area contributed by atoms with Gasteiger partial charge in [0, 0.05) is 19.7 Å². The van der Waals surface area contributed by atoms with Crippen LogP contribution in [0.2, 0.25) is 0 Å². The van der Waals surface area contributed by atoms with Crippen molar-refractivity contribution in [2.45, 2.75) is 38.3 Å². The number of carboxylic acid groups (broad SMARTS) is 1. The average Bonchev–Trinajstić information content (AvgIpc) is 2.73. The van der Waals surface area contributed by atoms with Gasteiger partial charge in [0.2, 0.25) is 0 Å². The second-order valence-electron chi connectivity index (χ2n) is 7.04. The molecule has 3 rings (SSSR count). The molecule has 0 saturated carbocycles. The summed E-state index contributed by atoms with van der Waals surface area (Å²) in [6, 6.07) is 14.5. The van der Waals surface area contributed by atoms with E-state index in [9.17, 15) is 14.7 Å². The zero-order chi connectivity index (χ0) is 19.9. The molecule has 1 unspecified atom stereocenters. The average molecular weight is 382 g/mol. The quantitative estimate of drug-likeness (QED) is 0.685. The smallest absolute Gasteiger partial charge is 0.335 e. The van der Waals surface area contributed by atoms with Crippen molar-refractivity contribution >= 4 is 12.0 Å². The van der Waals surface area contributed by atoms with Gasteiger partial charge in [0.25, 0.3) is 0 Å². The van der Waals surface area contributed by atoms with Gasteiger partial charge in [-0.25, -0.2) is 9.59 Å². The number of aliphatic hydroxyl groups is 1. The molecule has 0 heterocycles. The third kappa shape index (κ3) is 4.70. The van der Waals surface area contributed by atoms with E-state index >= 15 is 0 Å². The summed E-state index contributed by atoms with van der Waals surface area (Å²) in [6.45, 7) is 0.844. The summed E-state index contributed by atoms with van der Waals surface area (Å²) in [4.78, 5) is 25.7. The SMILES string of the molecule is O=C(O)c1ccc(CNC(=O)N(CCCO)C2CCCc3ccccc32)cc1. The fourth-order valence-corrected chi connectivity index (χ4v) is 3.74. The number of hydrogen-bond donors (Lipinski definition) is 3. The van der Waals surface area contributed by atoms with Crippen LogP contribution in [0.25, 0.3) is 0 Å². The number of aryl methyl sites for hydroxylation is 1. The molecule has 3 N–H and O–H groups in total. The molecule has 6 heteroatoms. The van der Waals surface area contributed by atoms with E-state index in [1.165, 1.54) is 23.3 Å². The van der Waals surface area contributed by atoms with Crippen LogP contribution in [-0.2, 0) is 13.0 Å². The highest BCUT2D eigenvalue weighted by Crippen LogP contribution is 2.34. The van der Waals surface area contributed by atoms with Crippen molar-refractivity contribution < 1.29 is 19.8 Å². The molecule has 6 nitrogen and oxygen atoms in total. The van der Waals surface area contributed by atoms with Crippen LogP contribution in [0.4, 0.5) is 4.79 Å². The van der Waals surface area contributed by atoms with Gasteiger partial charge in [-0.2, -0.15) is 0 Å². The first-order chi connectivity index (χ1) is 13.6. The van der Waals surface area contributed by atoms with Gasteiger partial charge in [-0.05, 0) is 54.5 Å². The number of aromatic carboxylic acids is 1. The number of fused-ring (bicyclic) bond motifs is 1. The number of carbonyl (C=O) groups excluding carboxylic acids is 1. The van der Waals surface area contributed by atoms with E-state index in [0.29, 0.717) is 19.5 Å². The van der Waals surface area contributed by atoms with Gasteiger partial charge in [0.15, 0.2) is 0 Å². The van der Waals surface area contributed by atoms with E-state index in [0.717, 1.165) is 24.8 Å². The third-order valence-corrected chi connectivity index (χ3v) is 5.18. The molecule has 28 heavy (non-hydrogen) atoms. The fourth-order valence-electron chi connectivity index (χ4n) is 3.74. The van der Waals surface area contributed by atoms with Crippen molar-refractivity contribution in [1.29, 1.82) is 0 Å². The number of rotatable bonds is 7. The lowest BCUT2D eigenvalue weighted by Crippen LogP contribution is -2.43. The van der Waals surface area contributed by atoms with E-state index in [4.69, 9.17) is 5.11 Å². The van der Waals surface area contributed by atoms with Crippen LogP contribution in [0.1, 0.15) is 52.4 Å². The van der Waals surface area contributed by atoms with Crippen LogP contribution < -0.4 is 5.32 Å². The van der Waals surface area contributed by atoms with E-state index in [2.05, 4.69) is 17.4 Å². The highest BCUT2D eigenvalue weighted by Gasteiger charge is 2.28. The lowest BCUT2D eigenvalue weighted by Gasteiger charge is -2.36. The Bertz CT molecular complexity index is 820. The van der Waals surface area contributed by atoms with Crippen LogP contribution >= 0.6 is 0 Å². The lowest BCUT2D eigenvalue weighted by molar-refractivity contribution is 0.0696. The number of urea groups is 1. The molecule has 2 aromatic carbocycles. The predicted octanol–water partition coefficient (Wildman–Crippen LogP) is 3.36. The number of nitrogens with one attached hydrogen (secondary N) is 1.